The number of aryl methyl sites for hydroxylation is 2. The molecule has 0 saturated carbocycles. The van der Waals surface area contributed by atoms with Crippen LogP contribution in [0.25, 0.3) is 10.9 Å². The summed E-state index contributed by atoms with van der Waals surface area (Å²) in [4.78, 5) is 7.47. The molecular weight excluding hydrogens is 243 g/mol. The number of hydrogen-bond acceptors (Lipinski definition) is 1. The molecule has 0 spiro atoms. The van der Waals surface area contributed by atoms with Gasteiger partial charge in [0.25, 0.3) is 0 Å². The summed E-state index contributed by atoms with van der Waals surface area (Å²) in [6.07, 6.45) is 6.02. The summed E-state index contributed by atoms with van der Waals surface area (Å²) in [6, 6.07) is 1.92. The Bertz CT molecular complexity index is 545. The van der Waals surface area contributed by atoms with Gasteiger partial charge in [-0.2, -0.15) is 0 Å². The number of nitrogens with one attached hydrogen (secondary N) is 1. The summed E-state index contributed by atoms with van der Waals surface area (Å²) in [6.45, 7) is 0. The number of aromatic nitrogens is 2. The molecule has 0 unspecified atom stereocenters. The number of aromatic amines is 1. The van der Waals surface area contributed by atoms with Crippen molar-refractivity contribution in [2.75, 3.05) is 0 Å². The molecule has 0 fully saturated rings. The Morgan fingerprint density at radius 3 is 2.81 bits per heavy atom. The van der Waals surface area contributed by atoms with Gasteiger partial charge >= 0.3 is 0 Å². The third-order valence-corrected chi connectivity index (χ3v) is 3.73. The lowest BCUT2D eigenvalue weighted by atomic mass is 10.1. The van der Waals surface area contributed by atoms with Gasteiger partial charge in [-0.1, -0.05) is 29.6 Å². The van der Waals surface area contributed by atoms with E-state index in [0.717, 1.165) is 23.7 Å². The highest BCUT2D eigenvalue weighted by atomic mass is 35.5. The van der Waals surface area contributed by atoms with Gasteiger partial charge in [0.05, 0.1) is 5.52 Å². The Hall–Kier alpha value is -0.730. The largest absolute Gasteiger partial charge is 0.356 e. The number of pyridine rings is 1. The number of hydrogen-bond donors (Lipinski definition) is 1. The van der Waals surface area contributed by atoms with Crippen molar-refractivity contribution in [2.24, 2.45) is 0 Å². The highest BCUT2D eigenvalue weighted by molar-refractivity contribution is 6.36. The molecule has 0 aliphatic heterocycles. The van der Waals surface area contributed by atoms with Gasteiger partial charge in [-0.3, -0.25) is 0 Å². The summed E-state index contributed by atoms with van der Waals surface area (Å²) in [5, 5.41) is 2.11. The number of halogens is 2. The molecule has 16 heavy (non-hydrogen) atoms. The predicted molar refractivity (Wildman–Crippen MR) is 67.4 cm³/mol. The second kappa shape index (κ2) is 3.94. The first kappa shape index (κ1) is 10.4. The van der Waals surface area contributed by atoms with E-state index in [4.69, 9.17) is 23.2 Å². The van der Waals surface area contributed by atoms with E-state index < -0.39 is 0 Å². The number of H-pyrrole nitrogens is 1. The van der Waals surface area contributed by atoms with E-state index in [9.17, 15) is 0 Å². The van der Waals surface area contributed by atoms with Crippen LogP contribution in [-0.2, 0) is 12.8 Å². The first-order chi connectivity index (χ1) is 7.75. The van der Waals surface area contributed by atoms with E-state index in [1.54, 1.807) is 0 Å². The Morgan fingerprint density at radius 2 is 1.94 bits per heavy atom. The summed E-state index contributed by atoms with van der Waals surface area (Å²) >= 11 is 12.1. The summed E-state index contributed by atoms with van der Waals surface area (Å²) < 4.78 is 0. The lowest BCUT2D eigenvalue weighted by Crippen LogP contribution is -1.86. The van der Waals surface area contributed by atoms with E-state index >= 15 is 0 Å². The molecular formula is C12H12Cl2N2. The minimum absolute atomic E-state index is 0.476. The molecule has 2 heterocycles. The van der Waals surface area contributed by atoms with Gasteiger partial charge in [0.15, 0.2) is 5.15 Å². The highest BCUT2D eigenvalue weighted by Gasteiger charge is 2.16. The maximum absolute atomic E-state index is 6.10. The molecule has 2 aromatic rings. The normalized spacial score (nSPS) is 16.1. The molecule has 0 radical (unpaired) electrons. The van der Waals surface area contributed by atoms with E-state index in [2.05, 4.69) is 9.97 Å². The van der Waals surface area contributed by atoms with Crippen molar-refractivity contribution in [3.63, 3.8) is 0 Å². The molecule has 0 bridgehead atoms. The summed E-state index contributed by atoms with van der Waals surface area (Å²) in [5.41, 5.74) is 3.65. The maximum Gasteiger partial charge on any atom is 0.154 e. The van der Waals surface area contributed by atoms with E-state index in [0.29, 0.717) is 10.3 Å². The molecule has 1 aliphatic rings. The van der Waals surface area contributed by atoms with Crippen LogP contribution in [0, 0.1) is 0 Å². The van der Waals surface area contributed by atoms with Crippen LogP contribution < -0.4 is 0 Å². The average molecular weight is 255 g/mol. The van der Waals surface area contributed by atoms with Crippen molar-refractivity contribution in [1.82, 2.24) is 9.97 Å². The van der Waals surface area contributed by atoms with Gasteiger partial charge in [0, 0.05) is 11.1 Å². The van der Waals surface area contributed by atoms with Crippen LogP contribution in [0.2, 0.25) is 10.3 Å². The molecule has 84 valence electrons. The molecule has 4 heteroatoms. The predicted octanol–water partition coefficient (Wildman–Crippen LogP) is 4.14. The van der Waals surface area contributed by atoms with Gasteiger partial charge in [0.2, 0.25) is 0 Å². The van der Waals surface area contributed by atoms with E-state index in [1.807, 2.05) is 6.07 Å². The van der Waals surface area contributed by atoms with E-state index in [1.165, 1.54) is 30.5 Å². The van der Waals surface area contributed by atoms with Crippen molar-refractivity contribution in [1.29, 1.82) is 0 Å². The van der Waals surface area contributed by atoms with Crippen LogP contribution >= 0.6 is 23.2 Å². The fraction of sp³-hybridized carbons (Fsp3) is 0.417. The summed E-state index contributed by atoms with van der Waals surface area (Å²) in [5.74, 6) is 0. The van der Waals surface area contributed by atoms with Crippen LogP contribution in [0.3, 0.4) is 0 Å². The van der Waals surface area contributed by atoms with Gasteiger partial charge < -0.3 is 4.98 Å². The first-order valence-electron chi connectivity index (χ1n) is 5.61. The second-order valence-corrected chi connectivity index (χ2v) is 5.05. The maximum atomic E-state index is 6.10. The summed E-state index contributed by atoms with van der Waals surface area (Å²) in [7, 11) is 0. The van der Waals surface area contributed by atoms with Crippen LogP contribution in [-0.4, -0.2) is 9.97 Å². The fourth-order valence-corrected chi connectivity index (χ4v) is 2.99. The monoisotopic (exact) mass is 254 g/mol. The number of rotatable bonds is 0. The van der Waals surface area contributed by atoms with Crippen molar-refractivity contribution in [3.8, 4) is 0 Å². The Labute approximate surface area is 104 Å². The van der Waals surface area contributed by atoms with Gasteiger partial charge in [-0.05, 0) is 37.3 Å². The van der Waals surface area contributed by atoms with Crippen LogP contribution in [0.15, 0.2) is 6.07 Å². The van der Waals surface area contributed by atoms with E-state index in [-0.39, 0.29) is 0 Å². The Morgan fingerprint density at radius 1 is 1.12 bits per heavy atom. The first-order valence-corrected chi connectivity index (χ1v) is 6.37. The zero-order valence-electron chi connectivity index (χ0n) is 8.82. The quantitative estimate of drug-likeness (QED) is 0.556. The van der Waals surface area contributed by atoms with Crippen LogP contribution in [0.4, 0.5) is 0 Å². The van der Waals surface area contributed by atoms with Crippen molar-refractivity contribution < 1.29 is 0 Å². The molecule has 2 nitrogen and oxygen atoms in total. The molecule has 1 aliphatic carbocycles. The molecule has 0 saturated heterocycles. The van der Waals surface area contributed by atoms with Gasteiger partial charge in [-0.15, -0.1) is 0 Å². The topological polar surface area (TPSA) is 28.7 Å². The minimum Gasteiger partial charge on any atom is -0.356 e. The van der Waals surface area contributed by atoms with Crippen molar-refractivity contribution in [2.45, 2.75) is 32.1 Å². The van der Waals surface area contributed by atoms with Gasteiger partial charge in [0.1, 0.15) is 5.15 Å². The average Bonchev–Trinajstić information content (AvgIpc) is 2.46. The SMILES string of the molecule is Clc1cc2c3c([nH]c2c(Cl)n1)CCCCC3. The van der Waals surface area contributed by atoms with Gasteiger partial charge in [-0.25, -0.2) is 4.98 Å². The van der Waals surface area contributed by atoms with Crippen LogP contribution in [0.5, 0.6) is 0 Å². The minimum atomic E-state index is 0.476. The molecule has 3 rings (SSSR count). The fourth-order valence-electron chi connectivity index (χ4n) is 2.51. The lowest BCUT2D eigenvalue weighted by Gasteiger charge is -1.99. The zero-order valence-corrected chi connectivity index (χ0v) is 10.3. The molecule has 0 atom stereocenters. The van der Waals surface area contributed by atoms with Crippen LogP contribution in [0.1, 0.15) is 30.5 Å². The smallest absolute Gasteiger partial charge is 0.154 e. The Kier molecular flexibility index (Phi) is 2.56. The Balaban J connectivity index is 2.29. The standard InChI is InChI=1S/C12H12Cl2N2/c13-10-6-8-7-4-2-1-3-5-9(7)15-11(8)12(14)16-10/h6,15H,1-5H2. The number of fused-ring (bicyclic) bond motifs is 3. The number of nitrogens with zero attached hydrogens (tertiary/aromatic N) is 1. The van der Waals surface area contributed by atoms with Crippen molar-refractivity contribution >= 4 is 34.1 Å². The third-order valence-electron chi connectivity index (χ3n) is 3.26. The zero-order chi connectivity index (χ0) is 11.1. The molecule has 2 aromatic heterocycles. The molecule has 0 aromatic carbocycles. The third kappa shape index (κ3) is 1.61. The van der Waals surface area contributed by atoms with Crippen molar-refractivity contribution in [3.05, 3.63) is 27.6 Å². The lowest BCUT2D eigenvalue weighted by molar-refractivity contribution is 0.708. The molecule has 1 N–H and O–H groups in total. The molecule has 0 amide bonds. The highest BCUT2D eigenvalue weighted by Crippen LogP contribution is 2.32. The second-order valence-electron chi connectivity index (χ2n) is 4.30.